The van der Waals surface area contributed by atoms with Crippen LogP contribution in [-0.4, -0.2) is 46.1 Å². The van der Waals surface area contributed by atoms with Crippen LogP contribution in [0.1, 0.15) is 231 Å². The van der Waals surface area contributed by atoms with Crippen molar-refractivity contribution in [3.8, 4) is 0 Å². The van der Waals surface area contributed by atoms with Crippen LogP contribution in [-0.2, 0) is 0 Å². The van der Waals surface area contributed by atoms with Gasteiger partial charge in [0.1, 0.15) is 0 Å². The second-order valence-electron chi connectivity index (χ2n) is 21.6. The van der Waals surface area contributed by atoms with Crippen molar-refractivity contribution in [1.29, 1.82) is 0 Å². The molecule has 2 heteroatoms. The predicted octanol–water partition coefficient (Wildman–Crippen LogP) is 13.9. The average Bonchev–Trinajstić information content (AvgIpc) is 3.22. The van der Waals surface area contributed by atoms with Gasteiger partial charge < -0.3 is 0 Å². The molecule has 9 fully saturated rings. The molecule has 0 heterocycles. The molecule has 2 nitrogen and oxygen atoms in total. The number of nitrogens with zero attached hydrogens (tertiary/aromatic N) is 2. The first-order valence-corrected chi connectivity index (χ1v) is 25.4. The Labute approximate surface area is 323 Å². The largest absolute Gasteiger partial charge is 0.294 e. The molecule has 9 rings (SSSR count). The van der Waals surface area contributed by atoms with Gasteiger partial charge in [-0.2, -0.15) is 0 Å². The smallest absolute Gasteiger partial charge is 0.0101 e. The van der Waals surface area contributed by atoms with E-state index in [-0.39, 0.29) is 0 Å². The van der Waals surface area contributed by atoms with E-state index in [1.54, 1.807) is 103 Å². The zero-order chi connectivity index (χ0) is 34.7. The molecule has 0 spiro atoms. The topological polar surface area (TPSA) is 6.48 Å². The maximum atomic E-state index is 3.26. The first-order valence-electron chi connectivity index (χ1n) is 25.4. The minimum absolute atomic E-state index is 0.931. The van der Waals surface area contributed by atoms with Crippen LogP contribution in [0.2, 0.25) is 0 Å². The van der Waals surface area contributed by atoms with Gasteiger partial charge in [0.05, 0.1) is 0 Å². The minimum Gasteiger partial charge on any atom is -0.294 e. The summed E-state index contributed by atoms with van der Waals surface area (Å²) < 4.78 is 0. The third kappa shape index (κ3) is 8.04. The maximum Gasteiger partial charge on any atom is 0.0101 e. The predicted molar refractivity (Wildman–Crippen MR) is 221 cm³/mol. The highest BCUT2D eigenvalue weighted by Gasteiger charge is 2.55. The Kier molecular flexibility index (Phi) is 13.0. The molecular weight excluding hydrogens is 629 g/mol. The third-order valence-corrected chi connectivity index (χ3v) is 19.1. The SMILES string of the molecule is C1CCC(N(C2CCCCC2)C2CCC(C3C4CCCCC4C(C4CCC(N(C5CCCCC5)C5CCCCC5)CC4)C4CCCCC43)CC2)CC1. The van der Waals surface area contributed by atoms with Crippen molar-refractivity contribution < 1.29 is 0 Å². The van der Waals surface area contributed by atoms with Crippen molar-refractivity contribution in [1.82, 2.24) is 9.80 Å². The van der Waals surface area contributed by atoms with Gasteiger partial charge in [0, 0.05) is 36.3 Å². The van der Waals surface area contributed by atoms with E-state index in [1.807, 2.05) is 0 Å². The molecule has 296 valence electrons. The standard InChI is InChI=1S/C50H86N2/c1-5-17-39(18-6-1)51(40-19-7-2-8-20-40)43-33-29-37(30-34-43)49-45-25-13-15-27-47(45)50(48-28-16-14-26-46(48)49)38-31-35-44(36-32-38)52(41-21-9-3-10-22-41)42-23-11-4-12-24-42/h37-50H,1-36H2. The van der Waals surface area contributed by atoms with Gasteiger partial charge in [0.15, 0.2) is 0 Å². The average molecular weight is 715 g/mol. The van der Waals surface area contributed by atoms with E-state index >= 15 is 0 Å². The van der Waals surface area contributed by atoms with Gasteiger partial charge >= 0.3 is 0 Å². The van der Waals surface area contributed by atoms with Crippen molar-refractivity contribution in [2.75, 3.05) is 0 Å². The Morgan fingerprint density at radius 3 is 0.654 bits per heavy atom. The Morgan fingerprint density at radius 1 is 0.192 bits per heavy atom. The van der Waals surface area contributed by atoms with Crippen molar-refractivity contribution in [3.05, 3.63) is 0 Å². The van der Waals surface area contributed by atoms with Gasteiger partial charge in [0.2, 0.25) is 0 Å². The fourth-order valence-corrected chi connectivity index (χ4v) is 17.2. The minimum atomic E-state index is 0.931. The molecule has 9 saturated carbocycles. The van der Waals surface area contributed by atoms with Crippen molar-refractivity contribution >= 4 is 0 Å². The number of hydrogen-bond acceptors (Lipinski definition) is 2. The van der Waals surface area contributed by atoms with Crippen molar-refractivity contribution in [2.24, 2.45) is 47.3 Å². The molecule has 0 aromatic rings. The fourth-order valence-electron chi connectivity index (χ4n) is 17.2. The molecule has 4 unspecified atom stereocenters. The highest BCUT2D eigenvalue weighted by Crippen LogP contribution is 2.62. The van der Waals surface area contributed by atoms with Crippen LogP contribution in [0.4, 0.5) is 0 Å². The highest BCUT2D eigenvalue weighted by molar-refractivity contribution is 5.05. The number of rotatable bonds is 8. The van der Waals surface area contributed by atoms with Crippen LogP contribution in [0, 0.1) is 47.3 Å². The molecule has 9 aliphatic rings. The molecule has 0 saturated heterocycles. The molecule has 0 N–H and O–H groups in total. The lowest BCUT2D eigenvalue weighted by atomic mass is 9.45. The van der Waals surface area contributed by atoms with Crippen LogP contribution in [0.15, 0.2) is 0 Å². The van der Waals surface area contributed by atoms with E-state index in [2.05, 4.69) is 9.80 Å². The molecule has 52 heavy (non-hydrogen) atoms. The molecule has 0 radical (unpaired) electrons. The summed E-state index contributed by atoms with van der Waals surface area (Å²) >= 11 is 0. The molecule has 9 aliphatic carbocycles. The third-order valence-electron chi connectivity index (χ3n) is 19.1. The van der Waals surface area contributed by atoms with Crippen LogP contribution in [0.3, 0.4) is 0 Å². The van der Waals surface area contributed by atoms with Crippen LogP contribution >= 0.6 is 0 Å². The van der Waals surface area contributed by atoms with Gasteiger partial charge in [0.25, 0.3) is 0 Å². The quantitative estimate of drug-likeness (QED) is 0.247. The Hall–Kier alpha value is -0.0800. The fraction of sp³-hybridized carbons (Fsp3) is 1.00. The summed E-state index contributed by atoms with van der Waals surface area (Å²) in [5, 5.41) is 0. The van der Waals surface area contributed by atoms with Gasteiger partial charge in [-0.15, -0.1) is 0 Å². The molecule has 4 atom stereocenters. The van der Waals surface area contributed by atoms with Gasteiger partial charge in [-0.25, -0.2) is 0 Å². The summed E-state index contributed by atoms with van der Waals surface area (Å²) in [6.07, 6.45) is 55.8. The van der Waals surface area contributed by atoms with E-state index in [9.17, 15) is 0 Å². The normalized spacial score (nSPS) is 42.6. The van der Waals surface area contributed by atoms with E-state index in [1.165, 1.54) is 128 Å². The molecule has 0 aromatic heterocycles. The van der Waals surface area contributed by atoms with Gasteiger partial charge in [-0.3, -0.25) is 9.80 Å². The lowest BCUT2D eigenvalue weighted by Gasteiger charge is -2.61. The van der Waals surface area contributed by atoms with Crippen LogP contribution in [0.5, 0.6) is 0 Å². The first-order chi connectivity index (χ1) is 25.8. The zero-order valence-corrected chi connectivity index (χ0v) is 34.4. The Balaban J connectivity index is 0.889. The molecule has 0 bridgehead atoms. The summed E-state index contributed by atoms with van der Waals surface area (Å²) in [6, 6.07) is 5.61. The number of hydrogen-bond donors (Lipinski definition) is 0. The molecule has 0 amide bonds. The van der Waals surface area contributed by atoms with Crippen LogP contribution < -0.4 is 0 Å². The van der Waals surface area contributed by atoms with Gasteiger partial charge in [-0.05, 0) is 176 Å². The van der Waals surface area contributed by atoms with Gasteiger partial charge in [-0.1, -0.05) is 103 Å². The summed E-state index contributed by atoms with van der Waals surface area (Å²) in [5.41, 5.74) is 0. The molecule has 0 aromatic carbocycles. The second kappa shape index (κ2) is 18.0. The highest BCUT2D eigenvalue weighted by atomic mass is 15.2. The molecular formula is C50H86N2. The van der Waals surface area contributed by atoms with E-state index in [0.29, 0.717) is 0 Å². The van der Waals surface area contributed by atoms with Crippen molar-refractivity contribution in [3.63, 3.8) is 0 Å². The van der Waals surface area contributed by atoms with E-state index in [0.717, 1.165) is 83.6 Å². The maximum absolute atomic E-state index is 3.26. The Bertz CT molecular complexity index is 902. The number of fused-ring (bicyclic) bond motifs is 2. The molecule has 0 aliphatic heterocycles. The van der Waals surface area contributed by atoms with E-state index < -0.39 is 0 Å². The summed E-state index contributed by atoms with van der Waals surface area (Å²) in [6.45, 7) is 0. The Morgan fingerprint density at radius 2 is 0.404 bits per heavy atom. The summed E-state index contributed by atoms with van der Waals surface area (Å²) in [5.74, 6) is 8.77. The zero-order valence-electron chi connectivity index (χ0n) is 34.4. The second-order valence-corrected chi connectivity index (χ2v) is 21.6. The van der Waals surface area contributed by atoms with Crippen LogP contribution in [0.25, 0.3) is 0 Å². The lowest BCUT2D eigenvalue weighted by molar-refractivity contribution is -0.118. The monoisotopic (exact) mass is 715 g/mol. The van der Waals surface area contributed by atoms with E-state index in [4.69, 9.17) is 0 Å². The lowest BCUT2D eigenvalue weighted by Crippen LogP contribution is -2.56. The first kappa shape index (κ1) is 37.5. The van der Waals surface area contributed by atoms with Crippen molar-refractivity contribution in [2.45, 2.75) is 267 Å². The summed E-state index contributed by atoms with van der Waals surface area (Å²) in [4.78, 5) is 6.52. The summed E-state index contributed by atoms with van der Waals surface area (Å²) in [7, 11) is 0.